The van der Waals surface area contributed by atoms with Gasteiger partial charge in [0.1, 0.15) is 11.5 Å². The number of fused-ring (bicyclic) bond motifs is 2. The fourth-order valence-electron chi connectivity index (χ4n) is 2.92. The summed E-state index contributed by atoms with van der Waals surface area (Å²) < 4.78 is 0. The van der Waals surface area contributed by atoms with Gasteiger partial charge in [0.05, 0.1) is 0 Å². The molecular weight excluding hydrogens is 304 g/mol. The van der Waals surface area contributed by atoms with E-state index in [0.717, 1.165) is 0 Å². The Kier molecular flexibility index (Phi) is 3.41. The smallest absolute Gasteiger partial charge is 0.195 e. The molecule has 3 rings (SSSR count). The molecule has 0 aromatic heterocycles. The lowest BCUT2D eigenvalue weighted by Gasteiger charge is -2.22. The number of aryl methyl sites for hydroxylation is 1. The number of aromatic hydroxyl groups is 2. The maximum Gasteiger partial charge on any atom is 0.195 e. The van der Waals surface area contributed by atoms with Gasteiger partial charge in [0.15, 0.2) is 11.6 Å². The first-order valence-corrected chi connectivity index (χ1v) is 7.38. The van der Waals surface area contributed by atoms with Crippen LogP contribution in [0.5, 0.6) is 11.5 Å². The van der Waals surface area contributed by atoms with Crippen molar-refractivity contribution >= 4 is 23.2 Å². The molecule has 1 aliphatic carbocycles. The monoisotopic (exact) mass is 316 g/mol. The van der Waals surface area contributed by atoms with Crippen LogP contribution in [0.3, 0.4) is 0 Å². The van der Waals surface area contributed by atoms with Crippen molar-refractivity contribution in [3.05, 3.63) is 57.6 Å². The van der Waals surface area contributed by atoms with Crippen LogP contribution in [0.25, 0.3) is 0 Å². The molecule has 0 amide bonds. The van der Waals surface area contributed by atoms with E-state index in [1.165, 1.54) is 24.3 Å². The van der Waals surface area contributed by atoms with E-state index in [9.17, 15) is 19.8 Å². The third-order valence-corrected chi connectivity index (χ3v) is 4.17. The minimum Gasteiger partial charge on any atom is -0.508 e. The highest BCUT2D eigenvalue weighted by Gasteiger charge is 2.34. The van der Waals surface area contributed by atoms with Gasteiger partial charge < -0.3 is 10.2 Å². The number of hydrogen-bond donors (Lipinski definition) is 2. The maximum atomic E-state index is 12.9. The molecule has 22 heavy (non-hydrogen) atoms. The third kappa shape index (κ3) is 1.99. The van der Waals surface area contributed by atoms with Gasteiger partial charge >= 0.3 is 0 Å². The van der Waals surface area contributed by atoms with Crippen molar-refractivity contribution in [2.75, 3.05) is 0 Å². The van der Waals surface area contributed by atoms with E-state index in [1.54, 1.807) is 0 Å². The van der Waals surface area contributed by atoms with Crippen molar-refractivity contribution in [2.24, 2.45) is 0 Å². The Morgan fingerprint density at radius 2 is 1.36 bits per heavy atom. The van der Waals surface area contributed by atoms with Crippen LogP contribution in [0.1, 0.15) is 49.9 Å². The van der Waals surface area contributed by atoms with E-state index in [4.69, 9.17) is 11.6 Å². The second-order valence-electron chi connectivity index (χ2n) is 5.20. The Balaban J connectivity index is 2.37. The molecule has 4 nitrogen and oxygen atoms in total. The number of halogens is 1. The van der Waals surface area contributed by atoms with E-state index in [1.807, 2.05) is 6.92 Å². The average molecular weight is 317 g/mol. The molecule has 0 atom stereocenters. The summed E-state index contributed by atoms with van der Waals surface area (Å²) in [5, 5.41) is 19.5. The predicted molar refractivity (Wildman–Crippen MR) is 82.0 cm³/mol. The van der Waals surface area contributed by atoms with Gasteiger partial charge in [0.25, 0.3) is 0 Å². The number of alkyl halides is 1. The first-order chi connectivity index (χ1) is 10.5. The van der Waals surface area contributed by atoms with Gasteiger partial charge in [-0.1, -0.05) is 6.92 Å². The zero-order valence-corrected chi connectivity index (χ0v) is 12.6. The highest BCUT2D eigenvalue weighted by molar-refractivity contribution is 6.30. The van der Waals surface area contributed by atoms with Gasteiger partial charge in [-0.15, -0.1) is 11.6 Å². The average Bonchev–Trinajstić information content (AvgIpc) is 2.50. The summed E-state index contributed by atoms with van der Waals surface area (Å²) in [5.41, 5.74) is 1.89. The lowest BCUT2D eigenvalue weighted by molar-refractivity contribution is 0.0977. The molecule has 0 unspecified atom stereocenters. The standard InChI is InChI=1S/C17H13ClO4/c1-2-8-3-10(19)5-12-14(8)17(22)15-9(7-18)4-11(20)6-13(15)16(12)21/h3-6,19-20H,2,7H2,1H3. The van der Waals surface area contributed by atoms with Crippen molar-refractivity contribution in [2.45, 2.75) is 19.2 Å². The minimum absolute atomic E-state index is 0.0185. The Bertz CT molecular complexity index is 758. The third-order valence-electron chi connectivity index (χ3n) is 3.88. The molecule has 2 aromatic rings. The largest absolute Gasteiger partial charge is 0.508 e. The summed E-state index contributed by atoms with van der Waals surface area (Å²) in [4.78, 5) is 25.5. The molecule has 0 spiro atoms. The summed E-state index contributed by atoms with van der Waals surface area (Å²) in [6, 6.07) is 5.45. The molecule has 1 aliphatic rings. The number of ketones is 2. The second kappa shape index (κ2) is 5.14. The molecule has 0 aliphatic heterocycles. The first-order valence-electron chi connectivity index (χ1n) is 6.85. The number of benzene rings is 2. The fourth-order valence-corrected chi connectivity index (χ4v) is 3.13. The van der Waals surface area contributed by atoms with Crippen LogP contribution in [-0.4, -0.2) is 21.8 Å². The summed E-state index contributed by atoms with van der Waals surface area (Å²) in [5.74, 6) is -0.840. The summed E-state index contributed by atoms with van der Waals surface area (Å²) >= 11 is 5.86. The number of rotatable bonds is 2. The SMILES string of the molecule is CCc1cc(O)cc2c1C(=O)c1c(CCl)cc(O)cc1C2=O. The van der Waals surface area contributed by atoms with Gasteiger partial charge in [0.2, 0.25) is 0 Å². The van der Waals surface area contributed by atoms with Gasteiger partial charge in [-0.25, -0.2) is 0 Å². The highest BCUT2D eigenvalue weighted by atomic mass is 35.5. The van der Waals surface area contributed by atoms with Gasteiger partial charge in [-0.3, -0.25) is 9.59 Å². The van der Waals surface area contributed by atoms with E-state index in [2.05, 4.69) is 0 Å². The topological polar surface area (TPSA) is 74.6 Å². The number of carbonyl (C=O) groups excluding carboxylic acids is 2. The summed E-state index contributed by atoms with van der Waals surface area (Å²) in [6.07, 6.45) is 0.513. The Morgan fingerprint density at radius 3 is 1.86 bits per heavy atom. The van der Waals surface area contributed by atoms with Crippen LogP contribution in [-0.2, 0) is 12.3 Å². The Hall–Kier alpha value is -2.33. The summed E-state index contributed by atoms with van der Waals surface area (Å²) in [6.45, 7) is 1.85. The van der Waals surface area contributed by atoms with E-state index < -0.39 is 5.78 Å². The predicted octanol–water partition coefficient (Wildman–Crippen LogP) is 3.17. The van der Waals surface area contributed by atoms with Crippen molar-refractivity contribution < 1.29 is 19.8 Å². The van der Waals surface area contributed by atoms with Crippen LogP contribution in [0, 0.1) is 0 Å². The van der Waals surface area contributed by atoms with Gasteiger partial charge in [-0.2, -0.15) is 0 Å². The minimum atomic E-state index is -0.391. The summed E-state index contributed by atoms with van der Waals surface area (Å²) in [7, 11) is 0. The molecule has 0 radical (unpaired) electrons. The molecule has 2 aromatic carbocycles. The second-order valence-corrected chi connectivity index (χ2v) is 5.47. The molecular formula is C17H13ClO4. The zero-order chi connectivity index (χ0) is 16.0. The van der Waals surface area contributed by atoms with Crippen molar-refractivity contribution in [3.63, 3.8) is 0 Å². The zero-order valence-electron chi connectivity index (χ0n) is 11.8. The van der Waals surface area contributed by atoms with E-state index >= 15 is 0 Å². The van der Waals surface area contributed by atoms with Crippen LogP contribution < -0.4 is 0 Å². The van der Waals surface area contributed by atoms with Crippen molar-refractivity contribution in [1.29, 1.82) is 0 Å². The quantitative estimate of drug-likeness (QED) is 0.712. The van der Waals surface area contributed by atoms with Crippen molar-refractivity contribution in [1.82, 2.24) is 0 Å². The first kappa shape index (κ1) is 14.6. The highest BCUT2D eigenvalue weighted by Crippen LogP contribution is 2.36. The Labute approximate surface area is 132 Å². The van der Waals surface area contributed by atoms with Crippen molar-refractivity contribution in [3.8, 4) is 11.5 Å². The normalized spacial score (nSPS) is 13.0. The van der Waals surface area contributed by atoms with Crippen LogP contribution in [0.2, 0.25) is 0 Å². The van der Waals surface area contributed by atoms with Gasteiger partial charge in [0, 0.05) is 28.1 Å². The molecule has 112 valence electrons. The van der Waals surface area contributed by atoms with Crippen LogP contribution in [0.15, 0.2) is 24.3 Å². The van der Waals surface area contributed by atoms with E-state index in [-0.39, 0.29) is 39.9 Å². The Morgan fingerprint density at radius 1 is 0.864 bits per heavy atom. The number of phenols is 2. The molecule has 0 saturated carbocycles. The molecule has 0 bridgehead atoms. The lowest BCUT2D eigenvalue weighted by atomic mass is 9.79. The number of carbonyl (C=O) groups is 2. The van der Waals surface area contributed by atoms with E-state index in [0.29, 0.717) is 23.1 Å². The van der Waals surface area contributed by atoms with Crippen LogP contribution in [0.4, 0.5) is 0 Å². The van der Waals surface area contributed by atoms with Crippen LogP contribution >= 0.6 is 11.6 Å². The molecule has 5 heteroatoms. The maximum absolute atomic E-state index is 12.9. The number of phenolic OH excluding ortho intramolecular Hbond substituents is 2. The molecule has 0 heterocycles. The molecule has 0 saturated heterocycles. The fraction of sp³-hybridized carbons (Fsp3) is 0.176. The molecule has 2 N–H and O–H groups in total. The molecule has 0 fully saturated rings. The van der Waals surface area contributed by atoms with Gasteiger partial charge in [-0.05, 0) is 41.8 Å². The number of hydrogen-bond acceptors (Lipinski definition) is 4. The lowest BCUT2D eigenvalue weighted by Crippen LogP contribution is -2.24.